The van der Waals surface area contributed by atoms with Crippen molar-refractivity contribution in [3.8, 4) is 0 Å². The number of anilines is 1. The van der Waals surface area contributed by atoms with Crippen molar-refractivity contribution in [2.75, 3.05) is 18.1 Å². The predicted octanol–water partition coefficient (Wildman–Crippen LogP) is 3.39. The van der Waals surface area contributed by atoms with Crippen molar-refractivity contribution < 1.29 is 23.5 Å². The van der Waals surface area contributed by atoms with Crippen LogP contribution in [0.5, 0.6) is 0 Å². The number of Topliss-reactive ketones (excluding diaryl/α,β-unsaturated/α-hetero) is 1. The predicted molar refractivity (Wildman–Crippen MR) is 98.8 cm³/mol. The molecule has 0 bridgehead atoms. The van der Waals surface area contributed by atoms with Gasteiger partial charge in [0.15, 0.2) is 12.4 Å². The van der Waals surface area contributed by atoms with Crippen LogP contribution in [-0.4, -0.2) is 30.8 Å². The third-order valence-corrected chi connectivity index (χ3v) is 4.22. The lowest BCUT2D eigenvalue weighted by Crippen LogP contribution is -2.23. The Labute approximate surface area is 156 Å². The molecule has 1 aliphatic heterocycles. The molecule has 1 fully saturated rings. The minimum Gasteiger partial charge on any atom is -0.454 e. The maximum atomic E-state index is 13.5. The summed E-state index contributed by atoms with van der Waals surface area (Å²) in [7, 11) is 0. The van der Waals surface area contributed by atoms with E-state index in [1.54, 1.807) is 41.3 Å². The molecule has 0 saturated carbocycles. The van der Waals surface area contributed by atoms with Crippen LogP contribution in [0.1, 0.15) is 28.8 Å². The normalized spacial score (nSPS) is 14.0. The highest BCUT2D eigenvalue weighted by Gasteiger charge is 2.21. The molecule has 1 aliphatic rings. The summed E-state index contributed by atoms with van der Waals surface area (Å²) in [6.45, 7) is 0.264. The van der Waals surface area contributed by atoms with E-state index in [4.69, 9.17) is 4.74 Å². The second-order valence-electron chi connectivity index (χ2n) is 6.08. The molecule has 1 amide bonds. The summed E-state index contributed by atoms with van der Waals surface area (Å²) in [5.41, 5.74) is 1.39. The van der Waals surface area contributed by atoms with Crippen LogP contribution < -0.4 is 4.90 Å². The van der Waals surface area contributed by atoms with E-state index < -0.39 is 18.4 Å². The van der Waals surface area contributed by atoms with Gasteiger partial charge in [-0.2, -0.15) is 0 Å². The Hall–Kier alpha value is -3.28. The summed E-state index contributed by atoms with van der Waals surface area (Å²) >= 11 is 0. The summed E-state index contributed by atoms with van der Waals surface area (Å²) in [5.74, 6) is -1.47. The first-order valence-corrected chi connectivity index (χ1v) is 8.57. The Morgan fingerprint density at radius 3 is 2.52 bits per heavy atom. The fourth-order valence-corrected chi connectivity index (χ4v) is 2.78. The fourth-order valence-electron chi connectivity index (χ4n) is 2.78. The molecule has 2 aromatic carbocycles. The summed E-state index contributed by atoms with van der Waals surface area (Å²) in [6, 6.07) is 12.6. The highest BCUT2D eigenvalue weighted by Crippen LogP contribution is 2.21. The van der Waals surface area contributed by atoms with Gasteiger partial charge in [-0.15, -0.1) is 0 Å². The first kappa shape index (κ1) is 18.5. The molecule has 1 heterocycles. The third-order valence-electron chi connectivity index (χ3n) is 4.22. The van der Waals surface area contributed by atoms with Gasteiger partial charge in [-0.1, -0.05) is 18.2 Å². The fraction of sp³-hybridized carbons (Fsp3) is 0.190. The van der Waals surface area contributed by atoms with Gasteiger partial charge < -0.3 is 9.64 Å². The van der Waals surface area contributed by atoms with Crippen LogP contribution in [0, 0.1) is 5.82 Å². The highest BCUT2D eigenvalue weighted by molar-refractivity contribution is 6.00. The van der Waals surface area contributed by atoms with Gasteiger partial charge in [-0.3, -0.25) is 9.59 Å². The number of ether oxygens (including phenoxy) is 1. The van der Waals surface area contributed by atoms with Crippen molar-refractivity contribution in [2.24, 2.45) is 0 Å². The highest BCUT2D eigenvalue weighted by atomic mass is 19.1. The van der Waals surface area contributed by atoms with E-state index in [0.29, 0.717) is 18.5 Å². The number of nitrogens with zero attached hydrogens (tertiary/aromatic N) is 1. The van der Waals surface area contributed by atoms with Crippen molar-refractivity contribution >= 4 is 29.4 Å². The number of benzene rings is 2. The molecule has 27 heavy (non-hydrogen) atoms. The van der Waals surface area contributed by atoms with Crippen LogP contribution in [0.4, 0.5) is 10.1 Å². The van der Waals surface area contributed by atoms with E-state index in [-0.39, 0.29) is 17.3 Å². The van der Waals surface area contributed by atoms with E-state index in [1.807, 2.05) is 0 Å². The molecule has 0 aromatic heterocycles. The number of carbonyl (C=O) groups is 3. The maximum Gasteiger partial charge on any atom is 0.331 e. The van der Waals surface area contributed by atoms with Gasteiger partial charge >= 0.3 is 5.97 Å². The van der Waals surface area contributed by atoms with Crippen molar-refractivity contribution in [3.05, 3.63) is 71.6 Å². The van der Waals surface area contributed by atoms with Crippen LogP contribution in [-0.2, 0) is 14.3 Å². The molecule has 5 nitrogen and oxygen atoms in total. The number of ketones is 1. The molecule has 0 aliphatic carbocycles. The second-order valence-corrected chi connectivity index (χ2v) is 6.08. The van der Waals surface area contributed by atoms with Gasteiger partial charge in [-0.25, -0.2) is 9.18 Å². The van der Waals surface area contributed by atoms with Crippen LogP contribution in [0.25, 0.3) is 6.08 Å². The Morgan fingerprint density at radius 2 is 1.85 bits per heavy atom. The Balaban J connectivity index is 1.53. The number of esters is 1. The average molecular weight is 367 g/mol. The number of amides is 1. The summed E-state index contributed by atoms with van der Waals surface area (Å²) in [5, 5.41) is 0. The van der Waals surface area contributed by atoms with Crippen molar-refractivity contribution in [1.29, 1.82) is 0 Å². The topological polar surface area (TPSA) is 63.7 Å². The van der Waals surface area contributed by atoms with Crippen molar-refractivity contribution in [1.82, 2.24) is 0 Å². The smallest absolute Gasteiger partial charge is 0.331 e. The van der Waals surface area contributed by atoms with Crippen molar-refractivity contribution in [3.63, 3.8) is 0 Å². The summed E-state index contributed by atoms with van der Waals surface area (Å²) < 4.78 is 18.4. The molecule has 6 heteroatoms. The SMILES string of the molecule is O=C(/C=C/c1ccccc1F)OCC(=O)c1ccc(N2CCCC2=O)cc1. The van der Waals surface area contributed by atoms with Crippen LogP contribution in [0.15, 0.2) is 54.6 Å². The standard InChI is InChI=1S/C21H18FNO4/c22-18-5-2-1-4-15(18)9-12-21(26)27-14-19(24)16-7-10-17(11-8-16)23-13-3-6-20(23)25/h1-2,4-5,7-12H,3,6,13-14H2/b12-9+. The minimum atomic E-state index is -0.731. The molecule has 0 radical (unpaired) electrons. The van der Waals surface area contributed by atoms with Gasteiger partial charge in [0.1, 0.15) is 5.82 Å². The van der Waals surface area contributed by atoms with Gasteiger partial charge in [0.05, 0.1) is 0 Å². The van der Waals surface area contributed by atoms with E-state index in [1.165, 1.54) is 18.2 Å². The van der Waals surface area contributed by atoms with Gasteiger partial charge in [0, 0.05) is 35.9 Å². The Bertz CT molecular complexity index is 889. The Morgan fingerprint density at radius 1 is 1.11 bits per heavy atom. The van der Waals surface area contributed by atoms with Crippen LogP contribution in [0.3, 0.4) is 0 Å². The number of hydrogen-bond donors (Lipinski definition) is 0. The summed E-state index contributed by atoms with van der Waals surface area (Å²) in [6.07, 6.45) is 3.74. The minimum absolute atomic E-state index is 0.0737. The lowest BCUT2D eigenvalue weighted by atomic mass is 10.1. The number of hydrogen-bond acceptors (Lipinski definition) is 4. The summed E-state index contributed by atoms with van der Waals surface area (Å²) in [4.78, 5) is 37.2. The molecule has 3 rings (SSSR count). The molecule has 0 atom stereocenters. The van der Waals surface area contributed by atoms with E-state index in [2.05, 4.69) is 0 Å². The first-order valence-electron chi connectivity index (χ1n) is 8.57. The molecule has 1 saturated heterocycles. The second kappa shape index (κ2) is 8.40. The quantitative estimate of drug-likeness (QED) is 0.446. The average Bonchev–Trinajstić information content (AvgIpc) is 3.11. The van der Waals surface area contributed by atoms with Crippen LogP contribution in [0.2, 0.25) is 0 Å². The number of rotatable bonds is 6. The monoisotopic (exact) mass is 367 g/mol. The number of halogens is 1. The molecular formula is C21H18FNO4. The van der Waals surface area contributed by atoms with Crippen molar-refractivity contribution in [2.45, 2.75) is 12.8 Å². The molecule has 0 spiro atoms. The molecule has 2 aromatic rings. The zero-order valence-corrected chi connectivity index (χ0v) is 14.6. The third kappa shape index (κ3) is 4.67. The molecule has 138 valence electrons. The van der Waals surface area contributed by atoms with Gasteiger partial charge in [-0.05, 0) is 42.8 Å². The lowest BCUT2D eigenvalue weighted by molar-refractivity contribution is -0.136. The largest absolute Gasteiger partial charge is 0.454 e. The first-order chi connectivity index (χ1) is 13.0. The number of carbonyl (C=O) groups excluding carboxylic acids is 3. The molecule has 0 unspecified atom stereocenters. The maximum absolute atomic E-state index is 13.5. The van der Waals surface area contributed by atoms with Crippen LogP contribution >= 0.6 is 0 Å². The van der Waals surface area contributed by atoms with Gasteiger partial charge in [0.2, 0.25) is 5.91 Å². The lowest BCUT2D eigenvalue weighted by Gasteiger charge is -2.15. The zero-order valence-electron chi connectivity index (χ0n) is 14.6. The Kier molecular flexibility index (Phi) is 5.76. The zero-order chi connectivity index (χ0) is 19.2. The van der Waals surface area contributed by atoms with E-state index in [9.17, 15) is 18.8 Å². The van der Waals surface area contributed by atoms with E-state index >= 15 is 0 Å². The van der Waals surface area contributed by atoms with Gasteiger partial charge in [0.25, 0.3) is 0 Å². The molecule has 0 N–H and O–H groups in total. The van der Waals surface area contributed by atoms with E-state index in [0.717, 1.165) is 18.2 Å². The molecular weight excluding hydrogens is 349 g/mol.